The summed E-state index contributed by atoms with van der Waals surface area (Å²) < 4.78 is 5.45. The summed E-state index contributed by atoms with van der Waals surface area (Å²) in [5.41, 5.74) is 5.85. The molecule has 1 heterocycles. The molecule has 0 aromatic heterocycles. The molecule has 2 amide bonds. The van der Waals surface area contributed by atoms with Crippen LogP contribution in [0.4, 0.5) is 10.5 Å². The van der Waals surface area contributed by atoms with Gasteiger partial charge in [0.1, 0.15) is 12.6 Å². The van der Waals surface area contributed by atoms with Crippen molar-refractivity contribution >= 4 is 23.7 Å². The molecule has 0 spiro atoms. The van der Waals surface area contributed by atoms with Crippen molar-refractivity contribution in [1.29, 1.82) is 0 Å². The van der Waals surface area contributed by atoms with E-state index in [1.165, 1.54) is 4.90 Å². The summed E-state index contributed by atoms with van der Waals surface area (Å²) in [5, 5.41) is 12.0. The van der Waals surface area contributed by atoms with Gasteiger partial charge in [-0.05, 0) is 39.8 Å². The van der Waals surface area contributed by atoms with E-state index in [1.807, 2.05) is 36.4 Å². The van der Waals surface area contributed by atoms with Crippen molar-refractivity contribution in [2.24, 2.45) is 0 Å². The average molecular weight is 466 g/mol. The van der Waals surface area contributed by atoms with Gasteiger partial charge in [0.05, 0.1) is 6.54 Å². The van der Waals surface area contributed by atoms with Gasteiger partial charge in [-0.25, -0.2) is 9.59 Å². The molecule has 0 fully saturated rings. The maximum atomic E-state index is 12.6. The number of carbonyl (C=O) groups is 3. The van der Waals surface area contributed by atoms with E-state index >= 15 is 0 Å². The van der Waals surface area contributed by atoms with Gasteiger partial charge < -0.3 is 15.2 Å². The number of hydrogen-bond acceptors (Lipinski definition) is 4. The number of benzene rings is 3. The Morgan fingerprint density at radius 3 is 2.26 bits per heavy atom. The summed E-state index contributed by atoms with van der Waals surface area (Å²) in [6, 6.07) is 22.2. The van der Waals surface area contributed by atoms with Gasteiger partial charge in [0.25, 0.3) is 0 Å². The molecule has 0 bridgehead atoms. The van der Waals surface area contributed by atoms with E-state index in [9.17, 15) is 19.5 Å². The van der Waals surface area contributed by atoms with Crippen molar-refractivity contribution in [1.82, 2.24) is 5.32 Å². The molecule has 7 nitrogen and oxygen atoms in total. The van der Waals surface area contributed by atoms with E-state index in [1.54, 1.807) is 24.3 Å². The number of alkyl carbamates (subject to hydrolysis) is 1. The SMILES string of the molecule is O=C(NCC#CC(=O)N1c2ccccc2C[C@H]1C(=O)O)OCC1c2ccccc2-c2ccccc21. The normalized spacial score (nSPS) is 15.3. The van der Waals surface area contributed by atoms with Crippen LogP contribution in [0.3, 0.4) is 0 Å². The lowest BCUT2D eigenvalue weighted by molar-refractivity contribution is -0.139. The number of nitrogens with zero attached hydrogens (tertiary/aromatic N) is 1. The van der Waals surface area contributed by atoms with Crippen LogP contribution in [0.25, 0.3) is 11.1 Å². The van der Waals surface area contributed by atoms with Crippen molar-refractivity contribution in [3.05, 3.63) is 89.5 Å². The highest BCUT2D eigenvalue weighted by Crippen LogP contribution is 2.44. The van der Waals surface area contributed by atoms with Gasteiger partial charge in [0, 0.05) is 18.0 Å². The standard InChI is InChI=1S/C28H22N2O5/c31-26(30-24-13-6-1-8-18(24)16-25(30)27(32)33)14-7-15-29-28(34)35-17-23-21-11-4-2-9-19(21)20-10-3-5-12-22(20)23/h1-6,8-13,23,25H,15-17H2,(H,29,34)(H,32,33)/t25-/m0/s1. The highest BCUT2D eigenvalue weighted by molar-refractivity contribution is 6.10. The Morgan fingerprint density at radius 1 is 0.943 bits per heavy atom. The smallest absolute Gasteiger partial charge is 0.407 e. The topological polar surface area (TPSA) is 95.9 Å². The maximum Gasteiger partial charge on any atom is 0.407 e. The number of aliphatic carboxylic acids is 1. The molecule has 3 aromatic rings. The van der Waals surface area contributed by atoms with Crippen LogP contribution in [-0.2, 0) is 20.7 Å². The summed E-state index contributed by atoms with van der Waals surface area (Å²) in [5.74, 6) is 3.26. The van der Waals surface area contributed by atoms with Gasteiger partial charge in [0.15, 0.2) is 0 Å². The molecule has 174 valence electrons. The average Bonchev–Trinajstić information content (AvgIpc) is 3.42. The molecule has 0 saturated heterocycles. The molecule has 35 heavy (non-hydrogen) atoms. The third-order valence-electron chi connectivity index (χ3n) is 6.34. The molecule has 2 aliphatic rings. The molecule has 5 rings (SSSR count). The zero-order valence-corrected chi connectivity index (χ0v) is 18.7. The first-order chi connectivity index (χ1) is 17.0. The third-order valence-corrected chi connectivity index (χ3v) is 6.34. The van der Waals surface area contributed by atoms with Crippen molar-refractivity contribution in [3.8, 4) is 23.0 Å². The largest absolute Gasteiger partial charge is 0.480 e. The molecule has 0 radical (unpaired) electrons. The molecule has 1 aliphatic heterocycles. The number of fused-ring (bicyclic) bond motifs is 4. The molecule has 7 heteroatoms. The van der Waals surface area contributed by atoms with Gasteiger partial charge in [-0.3, -0.25) is 9.69 Å². The number of carboxylic acid groups (broad SMARTS) is 1. The molecular formula is C28H22N2O5. The summed E-state index contributed by atoms with van der Waals surface area (Å²) in [7, 11) is 0. The Bertz CT molecular complexity index is 1340. The minimum absolute atomic E-state index is 0.0519. The number of carbonyl (C=O) groups excluding carboxylic acids is 2. The zero-order chi connectivity index (χ0) is 24.4. The lowest BCUT2D eigenvalue weighted by Gasteiger charge is -2.19. The van der Waals surface area contributed by atoms with E-state index in [0.717, 1.165) is 27.8 Å². The van der Waals surface area contributed by atoms with Crippen molar-refractivity contribution < 1.29 is 24.2 Å². The van der Waals surface area contributed by atoms with Crippen LogP contribution in [0.2, 0.25) is 0 Å². The zero-order valence-electron chi connectivity index (χ0n) is 18.7. The van der Waals surface area contributed by atoms with E-state index in [2.05, 4.69) is 29.3 Å². The van der Waals surface area contributed by atoms with E-state index in [0.29, 0.717) is 5.69 Å². The van der Waals surface area contributed by atoms with Crippen LogP contribution in [0.1, 0.15) is 22.6 Å². The number of nitrogens with one attached hydrogen (secondary N) is 1. The predicted octanol–water partition coefficient (Wildman–Crippen LogP) is 3.57. The van der Waals surface area contributed by atoms with Crippen LogP contribution < -0.4 is 10.2 Å². The van der Waals surface area contributed by atoms with Gasteiger partial charge >= 0.3 is 18.0 Å². The number of para-hydroxylation sites is 1. The van der Waals surface area contributed by atoms with Gasteiger partial charge in [-0.2, -0.15) is 0 Å². The first-order valence-corrected chi connectivity index (χ1v) is 11.3. The summed E-state index contributed by atoms with van der Waals surface area (Å²) in [6.45, 7) is 0.0761. The fourth-order valence-electron chi connectivity index (χ4n) is 4.78. The van der Waals surface area contributed by atoms with Crippen molar-refractivity contribution in [2.75, 3.05) is 18.1 Å². The van der Waals surface area contributed by atoms with Crippen LogP contribution >= 0.6 is 0 Å². The summed E-state index contributed by atoms with van der Waals surface area (Å²) in [4.78, 5) is 37.7. The van der Waals surface area contributed by atoms with E-state index in [-0.39, 0.29) is 25.5 Å². The van der Waals surface area contributed by atoms with Crippen molar-refractivity contribution in [3.63, 3.8) is 0 Å². The highest BCUT2D eigenvalue weighted by Gasteiger charge is 2.37. The van der Waals surface area contributed by atoms with Crippen LogP contribution in [-0.4, -0.2) is 42.3 Å². The number of rotatable bonds is 4. The lowest BCUT2D eigenvalue weighted by Crippen LogP contribution is -2.42. The predicted molar refractivity (Wildman–Crippen MR) is 130 cm³/mol. The second kappa shape index (κ2) is 9.35. The fraction of sp³-hybridized carbons (Fsp3) is 0.179. The summed E-state index contributed by atoms with van der Waals surface area (Å²) >= 11 is 0. The minimum Gasteiger partial charge on any atom is -0.480 e. The van der Waals surface area contributed by atoms with Crippen LogP contribution in [0.5, 0.6) is 0 Å². The number of carboxylic acids is 1. The molecule has 1 aliphatic carbocycles. The molecule has 1 atom stereocenters. The number of hydrogen-bond donors (Lipinski definition) is 2. The lowest BCUT2D eigenvalue weighted by atomic mass is 9.98. The second-order valence-electron chi connectivity index (χ2n) is 8.34. The van der Waals surface area contributed by atoms with E-state index in [4.69, 9.17) is 4.74 Å². The molecule has 2 N–H and O–H groups in total. The molecular weight excluding hydrogens is 444 g/mol. The van der Waals surface area contributed by atoms with Gasteiger partial charge in [-0.1, -0.05) is 72.7 Å². The molecule has 0 unspecified atom stereocenters. The molecule has 3 aromatic carbocycles. The molecule has 0 saturated carbocycles. The number of anilines is 1. The first kappa shape index (κ1) is 22.2. The maximum absolute atomic E-state index is 12.6. The van der Waals surface area contributed by atoms with Gasteiger partial charge in [-0.15, -0.1) is 0 Å². The third kappa shape index (κ3) is 4.22. The Hall–Kier alpha value is -4.57. The Balaban J connectivity index is 1.18. The minimum atomic E-state index is -1.09. The fourth-order valence-corrected chi connectivity index (χ4v) is 4.78. The Kier molecular flexibility index (Phi) is 5.94. The van der Waals surface area contributed by atoms with Crippen LogP contribution in [0.15, 0.2) is 72.8 Å². The highest BCUT2D eigenvalue weighted by atomic mass is 16.5. The Morgan fingerprint density at radius 2 is 1.57 bits per heavy atom. The quantitative estimate of drug-likeness (QED) is 0.573. The monoisotopic (exact) mass is 466 g/mol. The second-order valence-corrected chi connectivity index (χ2v) is 8.34. The Labute approximate surface area is 202 Å². The summed E-state index contributed by atoms with van der Waals surface area (Å²) in [6.07, 6.45) is -0.403. The van der Waals surface area contributed by atoms with Gasteiger partial charge in [0.2, 0.25) is 0 Å². The number of ether oxygens (including phenoxy) is 1. The van der Waals surface area contributed by atoms with Crippen LogP contribution in [0, 0.1) is 11.8 Å². The number of amides is 2. The first-order valence-electron chi connectivity index (χ1n) is 11.3. The van der Waals surface area contributed by atoms with Crippen molar-refractivity contribution in [2.45, 2.75) is 18.4 Å². The van der Waals surface area contributed by atoms with E-state index < -0.39 is 24.0 Å².